The van der Waals surface area contributed by atoms with Crippen LogP contribution in [0.3, 0.4) is 0 Å². The lowest BCUT2D eigenvalue weighted by Gasteiger charge is -2.05. The van der Waals surface area contributed by atoms with Gasteiger partial charge in [-0.1, -0.05) is 60.7 Å². The third kappa shape index (κ3) is 4.06. The van der Waals surface area contributed by atoms with Crippen molar-refractivity contribution in [1.29, 1.82) is 0 Å². The first kappa shape index (κ1) is 14.5. The molecule has 3 rings (SSSR count). The predicted molar refractivity (Wildman–Crippen MR) is 88.4 cm³/mol. The Hall–Kier alpha value is -2.39. The molecule has 1 heterocycles. The molecule has 3 aromatic rings. The zero-order valence-corrected chi connectivity index (χ0v) is 12.6. The number of aromatic nitrogens is 2. The molecule has 0 radical (unpaired) electrons. The van der Waals surface area contributed by atoms with Crippen LogP contribution in [-0.2, 0) is 17.9 Å². The molecule has 0 unspecified atom stereocenters. The Morgan fingerprint density at radius 2 is 1.64 bits per heavy atom. The summed E-state index contributed by atoms with van der Waals surface area (Å²) < 4.78 is 7.82. The van der Waals surface area contributed by atoms with Gasteiger partial charge in [0.2, 0.25) is 0 Å². The number of rotatable bonds is 7. The lowest BCUT2D eigenvalue weighted by atomic mass is 10.2. The molecule has 0 amide bonds. The molecule has 0 N–H and O–H groups in total. The van der Waals surface area contributed by atoms with Crippen LogP contribution >= 0.6 is 0 Å². The molecule has 0 bridgehead atoms. The molecule has 0 spiro atoms. The summed E-state index contributed by atoms with van der Waals surface area (Å²) in [7, 11) is 0. The maximum absolute atomic E-state index is 5.70. The van der Waals surface area contributed by atoms with E-state index < -0.39 is 0 Å². The number of imidazole rings is 1. The highest BCUT2D eigenvalue weighted by atomic mass is 16.5. The van der Waals surface area contributed by atoms with Crippen molar-refractivity contribution in [2.24, 2.45) is 0 Å². The highest BCUT2D eigenvalue weighted by Gasteiger charge is 2.01. The van der Waals surface area contributed by atoms with Gasteiger partial charge >= 0.3 is 0 Å². The lowest BCUT2D eigenvalue weighted by molar-refractivity contribution is 0.115. The Morgan fingerprint density at radius 3 is 2.41 bits per heavy atom. The predicted octanol–water partition coefficient (Wildman–Crippen LogP) is 4.16. The zero-order valence-electron chi connectivity index (χ0n) is 12.6. The van der Waals surface area contributed by atoms with Crippen molar-refractivity contribution >= 4 is 0 Å². The summed E-state index contributed by atoms with van der Waals surface area (Å²) in [6, 6.07) is 20.5. The first-order chi connectivity index (χ1) is 10.9. The first-order valence-electron chi connectivity index (χ1n) is 7.61. The maximum Gasteiger partial charge on any atom is 0.0953 e. The van der Waals surface area contributed by atoms with E-state index in [1.807, 2.05) is 42.7 Å². The third-order valence-electron chi connectivity index (χ3n) is 3.52. The van der Waals surface area contributed by atoms with Gasteiger partial charge in [-0.15, -0.1) is 0 Å². The Morgan fingerprint density at radius 1 is 0.909 bits per heavy atom. The van der Waals surface area contributed by atoms with Gasteiger partial charge in [-0.2, -0.15) is 0 Å². The highest BCUT2D eigenvalue weighted by molar-refractivity contribution is 5.57. The number of hydrogen-bond donors (Lipinski definition) is 0. The van der Waals surface area contributed by atoms with Gasteiger partial charge in [-0.05, 0) is 12.0 Å². The van der Waals surface area contributed by atoms with Gasteiger partial charge in [0.1, 0.15) is 0 Å². The molecule has 0 aliphatic heterocycles. The average Bonchev–Trinajstić information content (AvgIpc) is 3.05. The largest absolute Gasteiger partial charge is 0.377 e. The number of benzene rings is 2. The van der Waals surface area contributed by atoms with Crippen LogP contribution in [0.1, 0.15) is 12.0 Å². The minimum absolute atomic E-state index is 0.681. The summed E-state index contributed by atoms with van der Waals surface area (Å²) in [5.74, 6) is 0. The fourth-order valence-corrected chi connectivity index (χ4v) is 2.35. The van der Waals surface area contributed by atoms with Gasteiger partial charge in [0.05, 0.1) is 18.6 Å². The minimum atomic E-state index is 0.681. The van der Waals surface area contributed by atoms with Crippen molar-refractivity contribution in [2.75, 3.05) is 6.61 Å². The first-order valence-corrected chi connectivity index (χ1v) is 7.61. The molecule has 3 heteroatoms. The quantitative estimate of drug-likeness (QED) is 0.611. The smallest absolute Gasteiger partial charge is 0.0953 e. The molecule has 0 atom stereocenters. The number of aryl methyl sites for hydroxylation is 1. The lowest BCUT2D eigenvalue weighted by Crippen LogP contribution is -2.01. The van der Waals surface area contributed by atoms with E-state index in [0.29, 0.717) is 6.61 Å². The zero-order chi connectivity index (χ0) is 15.0. The topological polar surface area (TPSA) is 27.1 Å². The second kappa shape index (κ2) is 7.57. The summed E-state index contributed by atoms with van der Waals surface area (Å²) in [4.78, 5) is 4.46. The van der Waals surface area contributed by atoms with Crippen LogP contribution < -0.4 is 0 Å². The summed E-state index contributed by atoms with van der Waals surface area (Å²) in [5.41, 5.74) is 3.39. The van der Waals surface area contributed by atoms with Crippen molar-refractivity contribution in [2.45, 2.75) is 19.6 Å². The summed E-state index contributed by atoms with van der Waals surface area (Å²) >= 11 is 0. The molecule has 0 aliphatic carbocycles. The SMILES string of the molecule is c1ccc(COCCCn2cnc(-c3ccccc3)c2)cc1. The van der Waals surface area contributed by atoms with Crippen molar-refractivity contribution in [3.05, 3.63) is 78.8 Å². The molecule has 112 valence electrons. The van der Waals surface area contributed by atoms with Gasteiger partial charge in [-0.3, -0.25) is 0 Å². The van der Waals surface area contributed by atoms with Gasteiger partial charge in [0.25, 0.3) is 0 Å². The summed E-state index contributed by atoms with van der Waals surface area (Å²) in [6.07, 6.45) is 4.96. The molecule has 2 aromatic carbocycles. The number of nitrogens with zero attached hydrogens (tertiary/aromatic N) is 2. The molecule has 0 fully saturated rings. The summed E-state index contributed by atoms with van der Waals surface area (Å²) in [5, 5.41) is 0. The number of ether oxygens (including phenoxy) is 1. The third-order valence-corrected chi connectivity index (χ3v) is 3.52. The van der Waals surface area contributed by atoms with E-state index in [0.717, 1.165) is 30.8 Å². The van der Waals surface area contributed by atoms with Crippen LogP contribution in [0.2, 0.25) is 0 Å². The van der Waals surface area contributed by atoms with Crippen LogP contribution in [0.5, 0.6) is 0 Å². The van der Waals surface area contributed by atoms with Crippen LogP contribution in [0.4, 0.5) is 0 Å². The average molecular weight is 292 g/mol. The van der Waals surface area contributed by atoms with E-state index in [9.17, 15) is 0 Å². The van der Waals surface area contributed by atoms with Crippen molar-refractivity contribution in [3.8, 4) is 11.3 Å². The second-order valence-corrected chi connectivity index (χ2v) is 5.25. The van der Waals surface area contributed by atoms with Crippen LogP contribution in [-0.4, -0.2) is 16.2 Å². The van der Waals surface area contributed by atoms with Gasteiger partial charge in [-0.25, -0.2) is 4.98 Å². The highest BCUT2D eigenvalue weighted by Crippen LogP contribution is 2.16. The molecule has 0 saturated carbocycles. The fourth-order valence-electron chi connectivity index (χ4n) is 2.35. The molecule has 3 nitrogen and oxygen atoms in total. The van der Waals surface area contributed by atoms with E-state index in [-0.39, 0.29) is 0 Å². The second-order valence-electron chi connectivity index (χ2n) is 5.25. The Kier molecular flexibility index (Phi) is 5.00. The van der Waals surface area contributed by atoms with Crippen molar-refractivity contribution in [1.82, 2.24) is 9.55 Å². The van der Waals surface area contributed by atoms with Crippen molar-refractivity contribution in [3.63, 3.8) is 0 Å². The van der Waals surface area contributed by atoms with Gasteiger partial charge in [0, 0.05) is 24.9 Å². The molecule has 0 aliphatic rings. The van der Waals surface area contributed by atoms with Gasteiger partial charge in [0.15, 0.2) is 0 Å². The fraction of sp³-hybridized carbons (Fsp3) is 0.211. The normalized spacial score (nSPS) is 10.7. The number of hydrogen-bond acceptors (Lipinski definition) is 2. The van der Waals surface area contributed by atoms with E-state index in [2.05, 4.69) is 40.0 Å². The van der Waals surface area contributed by atoms with Crippen molar-refractivity contribution < 1.29 is 4.74 Å². The minimum Gasteiger partial charge on any atom is -0.377 e. The maximum atomic E-state index is 5.70. The van der Waals surface area contributed by atoms with Crippen LogP contribution in [0.15, 0.2) is 73.2 Å². The van der Waals surface area contributed by atoms with E-state index in [4.69, 9.17) is 4.74 Å². The Labute approximate surface area is 131 Å². The Bertz CT molecular complexity index is 677. The summed E-state index contributed by atoms with van der Waals surface area (Å²) in [6.45, 7) is 2.36. The molecule has 1 aromatic heterocycles. The van der Waals surface area contributed by atoms with E-state index in [1.165, 1.54) is 5.56 Å². The molecule has 0 saturated heterocycles. The van der Waals surface area contributed by atoms with E-state index in [1.54, 1.807) is 0 Å². The van der Waals surface area contributed by atoms with Crippen LogP contribution in [0, 0.1) is 0 Å². The Balaban J connectivity index is 1.42. The monoisotopic (exact) mass is 292 g/mol. The van der Waals surface area contributed by atoms with E-state index >= 15 is 0 Å². The molecule has 22 heavy (non-hydrogen) atoms. The van der Waals surface area contributed by atoms with Crippen LogP contribution in [0.25, 0.3) is 11.3 Å². The molecular formula is C19H20N2O. The molecular weight excluding hydrogens is 272 g/mol. The van der Waals surface area contributed by atoms with Gasteiger partial charge < -0.3 is 9.30 Å². The standard InChI is InChI=1S/C19H20N2O/c1-3-8-17(9-4-1)15-22-13-7-12-21-14-19(20-16-21)18-10-5-2-6-11-18/h1-6,8-11,14,16H,7,12-13,15H2.